The van der Waals surface area contributed by atoms with E-state index in [1.54, 1.807) is 18.2 Å². The maximum atomic E-state index is 11.9. The van der Waals surface area contributed by atoms with Gasteiger partial charge in [0.1, 0.15) is 5.78 Å². The van der Waals surface area contributed by atoms with Crippen LogP contribution in [0.25, 0.3) is 6.08 Å². The second kappa shape index (κ2) is 14.1. The molecule has 0 radical (unpaired) electrons. The first-order valence-corrected chi connectivity index (χ1v) is 9.95. The Morgan fingerprint density at radius 3 is 2.63 bits per heavy atom. The lowest BCUT2D eigenvalue weighted by Crippen LogP contribution is -2.09. The lowest BCUT2D eigenvalue weighted by molar-refractivity contribution is -0.141. The number of aliphatic hydroxyl groups excluding tert-OH is 1. The molecule has 1 aromatic rings. The minimum absolute atomic E-state index is 0.0443. The van der Waals surface area contributed by atoms with E-state index in [0.29, 0.717) is 5.69 Å². The lowest BCUT2D eigenvalue weighted by atomic mass is 10.1. The molecule has 0 saturated carbocycles. The zero-order valence-corrected chi connectivity index (χ0v) is 16.7. The normalized spacial score (nSPS) is 12.3. The highest BCUT2D eigenvalue weighted by molar-refractivity contribution is 5.84. The Labute approximate surface area is 162 Å². The molecule has 0 saturated heterocycles. The molecule has 0 amide bonds. The lowest BCUT2D eigenvalue weighted by Gasteiger charge is -2.06. The number of methoxy groups -OCH3 is 1. The molecule has 1 heterocycles. The highest BCUT2D eigenvalue weighted by Crippen LogP contribution is 2.11. The molecular formula is C22H33NO4. The molecule has 5 heteroatoms. The van der Waals surface area contributed by atoms with Crippen molar-refractivity contribution in [3.8, 4) is 0 Å². The predicted molar refractivity (Wildman–Crippen MR) is 107 cm³/mol. The van der Waals surface area contributed by atoms with Crippen LogP contribution in [0, 0.1) is 0 Å². The van der Waals surface area contributed by atoms with E-state index < -0.39 is 6.10 Å². The molecule has 1 unspecified atom stereocenters. The van der Waals surface area contributed by atoms with Crippen LogP contribution in [0.5, 0.6) is 0 Å². The van der Waals surface area contributed by atoms with Gasteiger partial charge in [-0.15, -0.1) is 0 Å². The van der Waals surface area contributed by atoms with Gasteiger partial charge in [-0.05, 0) is 24.6 Å². The minimum atomic E-state index is -0.469. The predicted octanol–water partition coefficient (Wildman–Crippen LogP) is 4.27. The average molecular weight is 376 g/mol. The van der Waals surface area contributed by atoms with Crippen LogP contribution < -0.4 is 0 Å². The largest absolute Gasteiger partial charge is 0.469 e. The Bertz CT molecular complexity index is 598. The van der Waals surface area contributed by atoms with E-state index in [2.05, 4.69) is 16.6 Å². The summed E-state index contributed by atoms with van der Waals surface area (Å²) in [4.78, 5) is 27.4. The Kier molecular flexibility index (Phi) is 12.0. The molecule has 0 aliphatic carbocycles. The van der Waals surface area contributed by atoms with Gasteiger partial charge in [-0.1, -0.05) is 57.6 Å². The van der Waals surface area contributed by atoms with Crippen molar-refractivity contribution in [2.24, 2.45) is 0 Å². The number of ether oxygens (including phenoxy) is 1. The van der Waals surface area contributed by atoms with Crippen molar-refractivity contribution >= 4 is 17.8 Å². The van der Waals surface area contributed by atoms with E-state index in [1.807, 2.05) is 12.1 Å². The summed E-state index contributed by atoms with van der Waals surface area (Å²) < 4.78 is 4.54. The van der Waals surface area contributed by atoms with Gasteiger partial charge in [-0.2, -0.15) is 0 Å². The number of aliphatic hydroxyl groups is 1. The zero-order chi connectivity index (χ0) is 19.9. The van der Waals surface area contributed by atoms with Crippen LogP contribution in [0.4, 0.5) is 0 Å². The SMILES string of the molecule is CCCCCCCCC(O)/C=C/c1cccc(CC(=O)CCC(=O)OC)n1. The number of nitrogens with zero attached hydrogens (tertiary/aromatic N) is 1. The summed E-state index contributed by atoms with van der Waals surface area (Å²) in [5.41, 5.74) is 1.38. The number of Topliss-reactive ketones (excluding diaryl/α,β-unsaturated/α-hetero) is 1. The van der Waals surface area contributed by atoms with Gasteiger partial charge in [0.25, 0.3) is 0 Å². The maximum Gasteiger partial charge on any atom is 0.305 e. The van der Waals surface area contributed by atoms with Crippen molar-refractivity contribution in [3.63, 3.8) is 0 Å². The fraction of sp³-hybridized carbons (Fsp3) is 0.591. The van der Waals surface area contributed by atoms with Gasteiger partial charge in [0.2, 0.25) is 0 Å². The Morgan fingerprint density at radius 2 is 1.89 bits per heavy atom. The van der Waals surface area contributed by atoms with Crippen molar-refractivity contribution in [3.05, 3.63) is 35.7 Å². The molecule has 27 heavy (non-hydrogen) atoms. The van der Waals surface area contributed by atoms with E-state index >= 15 is 0 Å². The van der Waals surface area contributed by atoms with Gasteiger partial charge in [-0.3, -0.25) is 14.6 Å². The Balaban J connectivity index is 2.38. The van der Waals surface area contributed by atoms with Crippen molar-refractivity contribution in [2.45, 2.75) is 77.2 Å². The summed E-state index contributed by atoms with van der Waals surface area (Å²) in [5.74, 6) is -0.426. The second-order valence-corrected chi connectivity index (χ2v) is 6.83. The van der Waals surface area contributed by atoms with Crippen LogP contribution in [0.3, 0.4) is 0 Å². The molecule has 0 aliphatic rings. The molecule has 1 N–H and O–H groups in total. The topological polar surface area (TPSA) is 76.5 Å². The van der Waals surface area contributed by atoms with Crippen molar-refractivity contribution in [1.82, 2.24) is 4.98 Å². The summed E-state index contributed by atoms with van der Waals surface area (Å²) in [7, 11) is 1.31. The number of carbonyl (C=O) groups excluding carboxylic acids is 2. The Morgan fingerprint density at radius 1 is 1.15 bits per heavy atom. The van der Waals surface area contributed by atoms with Gasteiger partial charge in [0.05, 0.1) is 25.3 Å². The third kappa shape index (κ3) is 11.3. The number of pyridine rings is 1. The summed E-state index contributed by atoms with van der Waals surface area (Å²) in [6.07, 6.45) is 11.5. The van der Waals surface area contributed by atoms with Crippen LogP contribution in [0.2, 0.25) is 0 Å². The molecule has 0 spiro atoms. The van der Waals surface area contributed by atoms with E-state index in [4.69, 9.17) is 0 Å². The molecule has 1 rings (SSSR count). The number of hydrogen-bond donors (Lipinski definition) is 1. The third-order valence-electron chi connectivity index (χ3n) is 4.38. The molecule has 0 fully saturated rings. The van der Waals surface area contributed by atoms with Crippen LogP contribution in [-0.2, 0) is 20.7 Å². The first kappa shape index (κ1) is 23.0. The smallest absolute Gasteiger partial charge is 0.305 e. The molecule has 1 aromatic heterocycles. The average Bonchev–Trinajstić information content (AvgIpc) is 2.67. The van der Waals surface area contributed by atoms with Crippen molar-refractivity contribution in [1.29, 1.82) is 0 Å². The third-order valence-corrected chi connectivity index (χ3v) is 4.38. The van der Waals surface area contributed by atoms with Gasteiger partial charge in [0, 0.05) is 18.5 Å². The maximum absolute atomic E-state index is 11.9. The molecule has 0 bridgehead atoms. The fourth-order valence-electron chi connectivity index (χ4n) is 2.76. The quantitative estimate of drug-likeness (QED) is 0.388. The molecule has 1 atom stereocenters. The number of unbranched alkanes of at least 4 members (excludes halogenated alkanes) is 5. The number of carbonyl (C=O) groups is 2. The highest BCUT2D eigenvalue weighted by Gasteiger charge is 2.09. The summed E-state index contributed by atoms with van der Waals surface area (Å²) in [6.45, 7) is 2.20. The van der Waals surface area contributed by atoms with Crippen LogP contribution in [0.15, 0.2) is 24.3 Å². The van der Waals surface area contributed by atoms with Crippen LogP contribution in [-0.4, -0.2) is 35.1 Å². The first-order valence-electron chi connectivity index (χ1n) is 9.95. The second-order valence-electron chi connectivity index (χ2n) is 6.83. The molecule has 0 aromatic carbocycles. The summed E-state index contributed by atoms with van der Waals surface area (Å²) in [5, 5.41) is 10.1. The van der Waals surface area contributed by atoms with Crippen LogP contribution in [0.1, 0.15) is 76.1 Å². The monoisotopic (exact) mass is 375 g/mol. The van der Waals surface area contributed by atoms with E-state index in [9.17, 15) is 14.7 Å². The number of ketones is 1. The van der Waals surface area contributed by atoms with Gasteiger partial charge < -0.3 is 9.84 Å². The fourth-order valence-corrected chi connectivity index (χ4v) is 2.76. The molecule has 150 valence electrons. The zero-order valence-electron chi connectivity index (χ0n) is 16.7. The summed E-state index contributed by atoms with van der Waals surface area (Å²) in [6, 6.07) is 5.48. The van der Waals surface area contributed by atoms with E-state index in [-0.39, 0.29) is 31.0 Å². The number of esters is 1. The molecule has 0 aliphatic heterocycles. The highest BCUT2D eigenvalue weighted by atomic mass is 16.5. The Hall–Kier alpha value is -2.01. The standard InChI is InChI=1S/C22H33NO4/c1-3-4-5-6-7-8-12-20(24)14-13-18-10-9-11-19(23-18)17-21(25)15-16-22(26)27-2/h9-11,13-14,20,24H,3-8,12,15-17H2,1-2H3/b14-13+. The first-order chi connectivity index (χ1) is 13.0. The number of aromatic nitrogens is 1. The molecule has 5 nitrogen and oxygen atoms in total. The van der Waals surface area contributed by atoms with Crippen LogP contribution >= 0.6 is 0 Å². The molecular weight excluding hydrogens is 342 g/mol. The number of rotatable bonds is 14. The van der Waals surface area contributed by atoms with Gasteiger partial charge in [-0.25, -0.2) is 0 Å². The van der Waals surface area contributed by atoms with E-state index in [1.165, 1.54) is 32.8 Å². The van der Waals surface area contributed by atoms with Crippen molar-refractivity contribution in [2.75, 3.05) is 7.11 Å². The van der Waals surface area contributed by atoms with Crippen molar-refractivity contribution < 1.29 is 19.4 Å². The van der Waals surface area contributed by atoms with E-state index in [0.717, 1.165) is 25.0 Å². The van der Waals surface area contributed by atoms with Gasteiger partial charge >= 0.3 is 5.97 Å². The minimum Gasteiger partial charge on any atom is -0.469 e. The number of hydrogen-bond acceptors (Lipinski definition) is 5. The summed E-state index contributed by atoms with van der Waals surface area (Å²) >= 11 is 0. The van der Waals surface area contributed by atoms with Gasteiger partial charge in [0.15, 0.2) is 0 Å².